The maximum absolute atomic E-state index is 5.50. The van der Waals surface area contributed by atoms with Gasteiger partial charge in [0.2, 0.25) is 6.39 Å². The van der Waals surface area contributed by atoms with Gasteiger partial charge in [0.15, 0.2) is 5.82 Å². The SMILES string of the molecule is c1nc(COC2CCNC2)no1. The third-order valence-electron chi connectivity index (χ3n) is 1.87. The molecule has 12 heavy (non-hydrogen) atoms. The number of rotatable bonds is 3. The van der Waals surface area contributed by atoms with Gasteiger partial charge in [-0.15, -0.1) is 0 Å². The summed E-state index contributed by atoms with van der Waals surface area (Å²) in [7, 11) is 0. The highest BCUT2D eigenvalue weighted by molar-refractivity contribution is 4.76. The quantitative estimate of drug-likeness (QED) is 0.687. The van der Waals surface area contributed by atoms with Crippen molar-refractivity contribution in [2.45, 2.75) is 19.1 Å². The van der Waals surface area contributed by atoms with Crippen LogP contribution in [0.5, 0.6) is 0 Å². The Hall–Kier alpha value is -0.940. The van der Waals surface area contributed by atoms with Crippen molar-refractivity contribution in [1.29, 1.82) is 0 Å². The van der Waals surface area contributed by atoms with E-state index in [0.29, 0.717) is 18.5 Å². The van der Waals surface area contributed by atoms with Crippen molar-refractivity contribution >= 4 is 0 Å². The molecule has 1 aliphatic rings. The largest absolute Gasteiger partial charge is 0.369 e. The number of nitrogens with one attached hydrogen (secondary N) is 1. The molecule has 5 heteroatoms. The van der Waals surface area contributed by atoms with E-state index < -0.39 is 0 Å². The van der Waals surface area contributed by atoms with Crippen molar-refractivity contribution in [2.75, 3.05) is 13.1 Å². The molecule has 1 aromatic rings. The van der Waals surface area contributed by atoms with Gasteiger partial charge in [0, 0.05) is 6.54 Å². The van der Waals surface area contributed by atoms with Crippen molar-refractivity contribution in [1.82, 2.24) is 15.5 Å². The first-order valence-corrected chi connectivity index (χ1v) is 4.03. The molecular formula is C7H11N3O2. The van der Waals surface area contributed by atoms with E-state index in [1.807, 2.05) is 0 Å². The molecule has 1 aliphatic heterocycles. The molecule has 0 bridgehead atoms. The van der Waals surface area contributed by atoms with Gasteiger partial charge in [0.1, 0.15) is 6.61 Å². The third-order valence-corrected chi connectivity index (χ3v) is 1.87. The Morgan fingerprint density at radius 3 is 3.42 bits per heavy atom. The fourth-order valence-corrected chi connectivity index (χ4v) is 1.22. The van der Waals surface area contributed by atoms with E-state index in [-0.39, 0.29) is 0 Å². The van der Waals surface area contributed by atoms with Gasteiger partial charge >= 0.3 is 0 Å². The van der Waals surface area contributed by atoms with Crippen molar-refractivity contribution in [2.24, 2.45) is 0 Å². The van der Waals surface area contributed by atoms with E-state index >= 15 is 0 Å². The van der Waals surface area contributed by atoms with Gasteiger partial charge in [-0.05, 0) is 13.0 Å². The lowest BCUT2D eigenvalue weighted by molar-refractivity contribution is 0.0490. The summed E-state index contributed by atoms with van der Waals surface area (Å²) in [5, 5.41) is 6.86. The van der Waals surface area contributed by atoms with Gasteiger partial charge in [-0.2, -0.15) is 4.98 Å². The highest BCUT2D eigenvalue weighted by Crippen LogP contribution is 2.05. The molecule has 1 fully saturated rings. The molecule has 1 aromatic heterocycles. The van der Waals surface area contributed by atoms with Crippen molar-refractivity contribution in [3.8, 4) is 0 Å². The topological polar surface area (TPSA) is 60.2 Å². The minimum atomic E-state index is 0.309. The number of ether oxygens (including phenoxy) is 1. The Morgan fingerprint density at radius 1 is 1.75 bits per heavy atom. The standard InChI is InChI=1S/C7H11N3O2/c1-2-8-3-6(1)11-4-7-9-5-12-10-7/h5-6,8H,1-4H2. The fourth-order valence-electron chi connectivity index (χ4n) is 1.22. The normalized spacial score (nSPS) is 23.2. The highest BCUT2D eigenvalue weighted by Gasteiger charge is 2.15. The summed E-state index contributed by atoms with van der Waals surface area (Å²) in [5.74, 6) is 0.613. The van der Waals surface area contributed by atoms with Crippen LogP contribution in [0.3, 0.4) is 0 Å². The lowest BCUT2D eigenvalue weighted by Gasteiger charge is -2.06. The maximum Gasteiger partial charge on any atom is 0.213 e. The summed E-state index contributed by atoms with van der Waals surface area (Å²) in [5.41, 5.74) is 0. The van der Waals surface area contributed by atoms with Gasteiger partial charge in [-0.3, -0.25) is 0 Å². The molecular weight excluding hydrogens is 158 g/mol. The molecule has 0 radical (unpaired) electrons. The van der Waals surface area contributed by atoms with Gasteiger partial charge < -0.3 is 14.6 Å². The average molecular weight is 169 g/mol. The minimum absolute atomic E-state index is 0.309. The zero-order valence-corrected chi connectivity index (χ0v) is 6.69. The second kappa shape index (κ2) is 3.64. The summed E-state index contributed by atoms with van der Waals surface area (Å²) in [6.07, 6.45) is 2.69. The molecule has 0 aliphatic carbocycles. The first-order chi connectivity index (χ1) is 5.95. The summed E-state index contributed by atoms with van der Waals surface area (Å²) < 4.78 is 10.1. The van der Waals surface area contributed by atoms with Crippen LogP contribution in [0.25, 0.3) is 0 Å². The van der Waals surface area contributed by atoms with E-state index in [9.17, 15) is 0 Å². The lowest BCUT2D eigenvalue weighted by atomic mass is 10.3. The van der Waals surface area contributed by atoms with Crippen LogP contribution in [-0.4, -0.2) is 29.3 Å². The zero-order valence-electron chi connectivity index (χ0n) is 6.69. The first kappa shape index (κ1) is 7.70. The van der Waals surface area contributed by atoms with Gasteiger partial charge in [0.25, 0.3) is 0 Å². The number of hydrogen-bond donors (Lipinski definition) is 1. The van der Waals surface area contributed by atoms with Crippen LogP contribution in [0, 0.1) is 0 Å². The average Bonchev–Trinajstić information content (AvgIpc) is 2.74. The number of nitrogens with zero attached hydrogens (tertiary/aromatic N) is 2. The van der Waals surface area contributed by atoms with Gasteiger partial charge in [-0.1, -0.05) is 5.16 Å². The second-order valence-electron chi connectivity index (χ2n) is 2.77. The summed E-state index contributed by atoms with van der Waals surface area (Å²) in [4.78, 5) is 3.85. The van der Waals surface area contributed by atoms with Crippen LogP contribution in [0.2, 0.25) is 0 Å². The molecule has 1 saturated heterocycles. The molecule has 0 saturated carbocycles. The third kappa shape index (κ3) is 1.80. The van der Waals surface area contributed by atoms with E-state index in [2.05, 4.69) is 20.0 Å². The van der Waals surface area contributed by atoms with Crippen LogP contribution in [-0.2, 0) is 11.3 Å². The monoisotopic (exact) mass is 169 g/mol. The molecule has 1 N–H and O–H groups in total. The molecule has 66 valence electrons. The van der Waals surface area contributed by atoms with E-state index in [1.165, 1.54) is 6.39 Å². The number of hydrogen-bond acceptors (Lipinski definition) is 5. The van der Waals surface area contributed by atoms with E-state index in [4.69, 9.17) is 4.74 Å². The smallest absolute Gasteiger partial charge is 0.213 e. The summed E-state index contributed by atoms with van der Waals surface area (Å²) >= 11 is 0. The van der Waals surface area contributed by atoms with Crippen molar-refractivity contribution < 1.29 is 9.26 Å². The first-order valence-electron chi connectivity index (χ1n) is 4.03. The lowest BCUT2D eigenvalue weighted by Crippen LogP contribution is -2.16. The molecule has 0 amide bonds. The minimum Gasteiger partial charge on any atom is -0.369 e. The van der Waals surface area contributed by atoms with E-state index in [0.717, 1.165) is 19.5 Å². The van der Waals surface area contributed by atoms with Crippen LogP contribution in [0.1, 0.15) is 12.2 Å². The Kier molecular flexibility index (Phi) is 2.33. The molecule has 1 unspecified atom stereocenters. The van der Waals surface area contributed by atoms with Crippen LogP contribution >= 0.6 is 0 Å². The summed E-state index contributed by atoms with van der Waals surface area (Å²) in [6.45, 7) is 2.41. The molecule has 5 nitrogen and oxygen atoms in total. The van der Waals surface area contributed by atoms with Gasteiger partial charge in [0.05, 0.1) is 6.10 Å². The Bertz CT molecular complexity index is 219. The van der Waals surface area contributed by atoms with Crippen molar-refractivity contribution in [3.05, 3.63) is 12.2 Å². The fraction of sp³-hybridized carbons (Fsp3) is 0.714. The molecule has 2 heterocycles. The Labute approximate surface area is 70.1 Å². The Balaban J connectivity index is 1.74. The number of aromatic nitrogens is 2. The molecule has 0 spiro atoms. The molecule has 2 rings (SSSR count). The molecule has 0 aromatic carbocycles. The Morgan fingerprint density at radius 2 is 2.75 bits per heavy atom. The van der Waals surface area contributed by atoms with Crippen LogP contribution in [0.15, 0.2) is 10.9 Å². The van der Waals surface area contributed by atoms with E-state index in [1.54, 1.807) is 0 Å². The summed E-state index contributed by atoms with van der Waals surface area (Å²) in [6, 6.07) is 0. The van der Waals surface area contributed by atoms with Crippen LogP contribution in [0.4, 0.5) is 0 Å². The maximum atomic E-state index is 5.50. The predicted molar refractivity (Wildman–Crippen MR) is 40.4 cm³/mol. The van der Waals surface area contributed by atoms with Crippen molar-refractivity contribution in [3.63, 3.8) is 0 Å². The second-order valence-corrected chi connectivity index (χ2v) is 2.77. The predicted octanol–water partition coefficient (Wildman–Crippen LogP) is -0.0519. The van der Waals surface area contributed by atoms with Crippen LogP contribution < -0.4 is 5.32 Å². The van der Waals surface area contributed by atoms with Gasteiger partial charge in [-0.25, -0.2) is 0 Å². The highest BCUT2D eigenvalue weighted by atomic mass is 16.5. The zero-order chi connectivity index (χ0) is 8.23. The molecule has 1 atom stereocenters.